The third-order valence-electron chi connectivity index (χ3n) is 5.41. The van der Waals surface area contributed by atoms with E-state index in [1.165, 1.54) is 0 Å². The van der Waals surface area contributed by atoms with Crippen molar-refractivity contribution in [3.8, 4) is 17.0 Å². The summed E-state index contributed by atoms with van der Waals surface area (Å²) >= 11 is 0. The van der Waals surface area contributed by atoms with Gasteiger partial charge in [-0.25, -0.2) is 0 Å². The number of amides is 1. The molecule has 5 heteroatoms. The zero-order valence-corrected chi connectivity index (χ0v) is 16.6. The van der Waals surface area contributed by atoms with Crippen LogP contribution in [-0.4, -0.2) is 41.0 Å². The van der Waals surface area contributed by atoms with Gasteiger partial charge in [0, 0.05) is 42.7 Å². The number of carbonyl (C=O) groups excluding carboxylic acids is 1. The predicted molar refractivity (Wildman–Crippen MR) is 113 cm³/mol. The molecule has 29 heavy (non-hydrogen) atoms. The highest BCUT2D eigenvalue weighted by Gasteiger charge is 2.25. The number of pyridine rings is 2. The number of piperidine rings is 1. The second kappa shape index (κ2) is 8.86. The van der Waals surface area contributed by atoms with Crippen LogP contribution in [0.1, 0.15) is 30.0 Å². The highest BCUT2D eigenvalue weighted by Crippen LogP contribution is 2.29. The molecule has 3 heterocycles. The first-order chi connectivity index (χ1) is 14.2. The maximum atomic E-state index is 12.8. The lowest BCUT2D eigenvalue weighted by atomic mass is 9.93. The highest BCUT2D eigenvalue weighted by atomic mass is 16.5. The van der Waals surface area contributed by atoms with Crippen molar-refractivity contribution in [1.82, 2.24) is 14.9 Å². The lowest BCUT2D eigenvalue weighted by molar-refractivity contribution is -0.131. The SMILES string of the molecule is COc1cccc(-c2cccc([C@@H]3CCCN(C(=O)Cc4cccnc4)C3)n2)c1. The van der Waals surface area contributed by atoms with Gasteiger partial charge >= 0.3 is 0 Å². The third-order valence-corrected chi connectivity index (χ3v) is 5.41. The molecule has 1 saturated heterocycles. The Balaban J connectivity index is 1.49. The van der Waals surface area contributed by atoms with E-state index in [1.807, 2.05) is 53.4 Å². The molecule has 0 radical (unpaired) electrons. The van der Waals surface area contributed by atoms with Crippen LogP contribution in [0.2, 0.25) is 0 Å². The van der Waals surface area contributed by atoms with Gasteiger partial charge in [0.25, 0.3) is 0 Å². The van der Waals surface area contributed by atoms with Crippen LogP contribution in [-0.2, 0) is 11.2 Å². The maximum Gasteiger partial charge on any atom is 0.227 e. The van der Waals surface area contributed by atoms with Crippen molar-refractivity contribution >= 4 is 5.91 Å². The monoisotopic (exact) mass is 387 g/mol. The molecule has 0 saturated carbocycles. The van der Waals surface area contributed by atoms with E-state index in [1.54, 1.807) is 19.5 Å². The quantitative estimate of drug-likeness (QED) is 0.661. The molecular weight excluding hydrogens is 362 g/mol. The number of methoxy groups -OCH3 is 1. The Morgan fingerprint density at radius 3 is 2.90 bits per heavy atom. The van der Waals surface area contributed by atoms with E-state index < -0.39 is 0 Å². The molecule has 1 amide bonds. The lowest BCUT2D eigenvalue weighted by Crippen LogP contribution is -2.40. The second-order valence-corrected chi connectivity index (χ2v) is 7.40. The molecular formula is C24H25N3O2. The van der Waals surface area contributed by atoms with Gasteiger partial charge in [0.05, 0.1) is 19.2 Å². The van der Waals surface area contributed by atoms with Gasteiger partial charge in [0.1, 0.15) is 5.75 Å². The van der Waals surface area contributed by atoms with Crippen molar-refractivity contribution in [1.29, 1.82) is 0 Å². The topological polar surface area (TPSA) is 55.3 Å². The smallest absolute Gasteiger partial charge is 0.227 e. The summed E-state index contributed by atoms with van der Waals surface area (Å²) in [7, 11) is 1.67. The van der Waals surface area contributed by atoms with Crippen LogP contribution in [0, 0.1) is 0 Å². The van der Waals surface area contributed by atoms with Gasteiger partial charge in [0.15, 0.2) is 0 Å². The summed E-state index contributed by atoms with van der Waals surface area (Å²) in [5.74, 6) is 1.23. The summed E-state index contributed by atoms with van der Waals surface area (Å²) in [6.07, 6.45) is 5.93. The van der Waals surface area contributed by atoms with Crippen LogP contribution in [0.5, 0.6) is 5.75 Å². The van der Waals surface area contributed by atoms with Crippen LogP contribution < -0.4 is 4.74 Å². The molecule has 0 N–H and O–H groups in total. The Morgan fingerprint density at radius 1 is 1.17 bits per heavy atom. The highest BCUT2D eigenvalue weighted by molar-refractivity contribution is 5.78. The van der Waals surface area contributed by atoms with E-state index in [2.05, 4.69) is 11.1 Å². The van der Waals surface area contributed by atoms with E-state index in [0.717, 1.165) is 47.7 Å². The van der Waals surface area contributed by atoms with Crippen molar-refractivity contribution in [2.45, 2.75) is 25.2 Å². The van der Waals surface area contributed by atoms with Crippen molar-refractivity contribution in [3.05, 3.63) is 78.2 Å². The second-order valence-electron chi connectivity index (χ2n) is 7.40. The molecule has 3 aromatic rings. The first-order valence-electron chi connectivity index (χ1n) is 10.0. The number of likely N-dealkylation sites (tertiary alicyclic amines) is 1. The average Bonchev–Trinajstić information content (AvgIpc) is 2.80. The molecule has 0 spiro atoms. The number of aromatic nitrogens is 2. The number of nitrogens with zero attached hydrogens (tertiary/aromatic N) is 3. The molecule has 148 valence electrons. The summed E-state index contributed by atoms with van der Waals surface area (Å²) in [6, 6.07) is 17.9. The van der Waals surface area contributed by atoms with Crippen molar-refractivity contribution in [3.63, 3.8) is 0 Å². The predicted octanol–water partition coefficient (Wildman–Crippen LogP) is 4.10. The first kappa shape index (κ1) is 19.1. The van der Waals surface area contributed by atoms with Crippen molar-refractivity contribution < 1.29 is 9.53 Å². The Labute approximate surface area is 171 Å². The molecule has 0 bridgehead atoms. The Morgan fingerprint density at radius 2 is 2.07 bits per heavy atom. The maximum absolute atomic E-state index is 12.8. The Kier molecular flexibility index (Phi) is 5.84. The minimum absolute atomic E-state index is 0.159. The van der Waals surface area contributed by atoms with Crippen LogP contribution in [0.15, 0.2) is 67.0 Å². The molecule has 5 nitrogen and oxygen atoms in total. The van der Waals surface area contributed by atoms with E-state index >= 15 is 0 Å². The summed E-state index contributed by atoms with van der Waals surface area (Å²) in [5.41, 5.74) is 3.97. The molecule has 1 atom stereocenters. The number of carbonyl (C=O) groups is 1. The van der Waals surface area contributed by atoms with Crippen LogP contribution in [0.3, 0.4) is 0 Å². The van der Waals surface area contributed by atoms with E-state index in [-0.39, 0.29) is 11.8 Å². The fraction of sp³-hybridized carbons (Fsp3) is 0.292. The molecule has 1 fully saturated rings. The van der Waals surface area contributed by atoms with Gasteiger partial charge in [-0.3, -0.25) is 14.8 Å². The molecule has 2 aromatic heterocycles. The Hall–Kier alpha value is -3.21. The van der Waals surface area contributed by atoms with Crippen molar-refractivity contribution in [2.24, 2.45) is 0 Å². The van der Waals surface area contributed by atoms with Gasteiger partial charge in [-0.05, 0) is 48.7 Å². The normalized spacial score (nSPS) is 16.4. The Bertz CT molecular complexity index is 975. The zero-order valence-electron chi connectivity index (χ0n) is 16.6. The van der Waals surface area contributed by atoms with Gasteiger partial charge in [-0.2, -0.15) is 0 Å². The summed E-state index contributed by atoms with van der Waals surface area (Å²) in [6.45, 7) is 1.53. The molecule has 0 aliphatic carbocycles. The fourth-order valence-electron chi connectivity index (χ4n) is 3.86. The lowest BCUT2D eigenvalue weighted by Gasteiger charge is -2.32. The number of rotatable bonds is 5. The van der Waals surface area contributed by atoms with E-state index in [0.29, 0.717) is 13.0 Å². The molecule has 1 aromatic carbocycles. The van der Waals surface area contributed by atoms with Crippen LogP contribution in [0.25, 0.3) is 11.3 Å². The average molecular weight is 387 g/mol. The first-order valence-corrected chi connectivity index (χ1v) is 10.0. The van der Waals surface area contributed by atoms with Crippen LogP contribution >= 0.6 is 0 Å². The van der Waals surface area contributed by atoms with Gasteiger partial charge in [-0.1, -0.05) is 24.3 Å². The molecule has 0 unspecified atom stereocenters. The number of hydrogen-bond acceptors (Lipinski definition) is 4. The number of hydrogen-bond donors (Lipinski definition) is 0. The summed E-state index contributed by atoms with van der Waals surface area (Å²) in [5, 5.41) is 0. The van der Waals surface area contributed by atoms with E-state index in [9.17, 15) is 4.79 Å². The van der Waals surface area contributed by atoms with Crippen LogP contribution in [0.4, 0.5) is 0 Å². The molecule has 1 aliphatic rings. The molecule has 4 rings (SSSR count). The standard InChI is InChI=1S/C24H25N3O2/c1-29-21-9-2-7-19(15-21)22-10-3-11-23(26-22)20-8-5-13-27(17-20)24(28)14-18-6-4-12-25-16-18/h2-4,6-7,9-12,15-16,20H,5,8,13-14,17H2,1H3/t20-/m1/s1. The minimum atomic E-state index is 0.159. The van der Waals surface area contributed by atoms with Gasteiger partial charge in [-0.15, -0.1) is 0 Å². The van der Waals surface area contributed by atoms with E-state index in [4.69, 9.17) is 9.72 Å². The van der Waals surface area contributed by atoms with Gasteiger partial charge in [0.2, 0.25) is 5.91 Å². The summed E-state index contributed by atoms with van der Waals surface area (Å²) < 4.78 is 5.34. The van der Waals surface area contributed by atoms with Gasteiger partial charge < -0.3 is 9.64 Å². The minimum Gasteiger partial charge on any atom is -0.497 e. The zero-order chi connectivity index (χ0) is 20.1. The third kappa shape index (κ3) is 4.62. The fourth-order valence-corrected chi connectivity index (χ4v) is 3.86. The largest absolute Gasteiger partial charge is 0.497 e. The molecule has 1 aliphatic heterocycles. The van der Waals surface area contributed by atoms with Crippen molar-refractivity contribution in [2.75, 3.05) is 20.2 Å². The summed E-state index contributed by atoms with van der Waals surface area (Å²) in [4.78, 5) is 23.8. The number of benzene rings is 1. The number of ether oxygens (including phenoxy) is 1.